The lowest BCUT2D eigenvalue weighted by atomic mass is 10.1. The van der Waals surface area contributed by atoms with Crippen molar-refractivity contribution in [3.8, 4) is 0 Å². The minimum Gasteiger partial charge on any atom is -0.370 e. The van der Waals surface area contributed by atoms with E-state index in [4.69, 9.17) is 4.74 Å². The molecule has 0 radical (unpaired) electrons. The van der Waals surface area contributed by atoms with Crippen molar-refractivity contribution in [1.82, 2.24) is 10.2 Å². The van der Waals surface area contributed by atoms with Crippen molar-refractivity contribution < 1.29 is 18.7 Å². The van der Waals surface area contributed by atoms with E-state index in [-0.39, 0.29) is 36.3 Å². The number of carbonyl (C=O) groups excluding carboxylic acids is 2. The van der Waals surface area contributed by atoms with Gasteiger partial charge in [-0.1, -0.05) is 30.3 Å². The fourth-order valence-electron chi connectivity index (χ4n) is 3.64. The highest BCUT2D eigenvalue weighted by molar-refractivity contribution is 5.96. The van der Waals surface area contributed by atoms with Crippen LogP contribution in [0.4, 0.5) is 14.9 Å². The molecule has 0 unspecified atom stereocenters. The molecular formula is C21H22FN3O3. The van der Waals surface area contributed by atoms with Crippen LogP contribution in [0, 0.1) is 5.82 Å². The monoisotopic (exact) mass is 383 g/mol. The Bertz CT molecular complexity index is 844. The molecule has 2 atom stereocenters. The van der Waals surface area contributed by atoms with Crippen LogP contribution in [0.2, 0.25) is 0 Å². The summed E-state index contributed by atoms with van der Waals surface area (Å²) in [6.07, 6.45) is -0.00190. The van der Waals surface area contributed by atoms with Gasteiger partial charge in [-0.05, 0) is 29.8 Å². The first-order valence-electron chi connectivity index (χ1n) is 9.38. The van der Waals surface area contributed by atoms with Crippen LogP contribution in [-0.4, -0.2) is 49.1 Å². The van der Waals surface area contributed by atoms with Gasteiger partial charge in [-0.15, -0.1) is 0 Å². The molecule has 2 aliphatic rings. The summed E-state index contributed by atoms with van der Waals surface area (Å²) in [6, 6.07) is 15.1. The lowest BCUT2D eigenvalue weighted by Crippen LogP contribution is -2.50. The molecule has 2 aliphatic heterocycles. The zero-order valence-electron chi connectivity index (χ0n) is 15.4. The molecule has 2 saturated heterocycles. The molecule has 0 spiro atoms. The average Bonchev–Trinajstić information content (AvgIpc) is 3.09. The summed E-state index contributed by atoms with van der Waals surface area (Å²) >= 11 is 0. The smallest absolute Gasteiger partial charge is 0.317 e. The molecule has 6 nitrogen and oxygen atoms in total. The van der Waals surface area contributed by atoms with E-state index in [1.165, 1.54) is 12.1 Å². The summed E-state index contributed by atoms with van der Waals surface area (Å²) in [6.45, 7) is 1.74. The predicted octanol–water partition coefficient (Wildman–Crippen LogP) is 2.71. The predicted molar refractivity (Wildman–Crippen MR) is 102 cm³/mol. The molecule has 2 heterocycles. The molecule has 28 heavy (non-hydrogen) atoms. The minimum atomic E-state index is -0.303. The molecular weight excluding hydrogens is 361 g/mol. The van der Waals surface area contributed by atoms with E-state index in [9.17, 15) is 14.0 Å². The number of benzene rings is 2. The third-order valence-electron chi connectivity index (χ3n) is 5.12. The van der Waals surface area contributed by atoms with Crippen molar-refractivity contribution >= 4 is 17.6 Å². The van der Waals surface area contributed by atoms with E-state index in [1.54, 1.807) is 21.9 Å². The highest BCUT2D eigenvalue weighted by Crippen LogP contribution is 2.24. The number of urea groups is 1. The van der Waals surface area contributed by atoms with Crippen LogP contribution in [0.25, 0.3) is 0 Å². The summed E-state index contributed by atoms with van der Waals surface area (Å²) in [5, 5.41) is 2.97. The first-order chi connectivity index (χ1) is 13.6. The van der Waals surface area contributed by atoms with Gasteiger partial charge in [0.15, 0.2) is 0 Å². The zero-order valence-corrected chi connectivity index (χ0v) is 15.4. The van der Waals surface area contributed by atoms with Gasteiger partial charge in [-0.2, -0.15) is 0 Å². The largest absolute Gasteiger partial charge is 0.370 e. The van der Waals surface area contributed by atoms with Gasteiger partial charge in [0.05, 0.1) is 19.2 Å². The van der Waals surface area contributed by atoms with Crippen LogP contribution in [0.15, 0.2) is 54.6 Å². The highest BCUT2D eigenvalue weighted by atomic mass is 19.1. The van der Waals surface area contributed by atoms with Crippen molar-refractivity contribution in [1.29, 1.82) is 0 Å². The van der Waals surface area contributed by atoms with Crippen molar-refractivity contribution in [2.75, 3.05) is 31.1 Å². The van der Waals surface area contributed by atoms with E-state index in [0.29, 0.717) is 26.2 Å². The highest BCUT2D eigenvalue weighted by Gasteiger charge is 2.33. The second-order valence-corrected chi connectivity index (χ2v) is 7.05. The summed E-state index contributed by atoms with van der Waals surface area (Å²) in [5.74, 6) is -0.300. The maximum absolute atomic E-state index is 13.1. The second kappa shape index (κ2) is 7.98. The van der Waals surface area contributed by atoms with E-state index < -0.39 is 0 Å². The minimum absolute atomic E-state index is 0.00247. The number of nitrogens with zero attached hydrogens (tertiary/aromatic N) is 2. The average molecular weight is 383 g/mol. The number of carbonyl (C=O) groups is 2. The number of ether oxygens (including phenoxy) is 1. The van der Waals surface area contributed by atoms with E-state index >= 15 is 0 Å². The van der Waals surface area contributed by atoms with Gasteiger partial charge in [0, 0.05) is 25.2 Å². The Hall–Kier alpha value is -2.93. The number of halogens is 1. The van der Waals surface area contributed by atoms with E-state index in [0.717, 1.165) is 11.3 Å². The fourth-order valence-corrected chi connectivity index (χ4v) is 3.64. The number of hydrogen-bond donors (Lipinski definition) is 1. The summed E-state index contributed by atoms with van der Waals surface area (Å²) < 4.78 is 18.9. The lowest BCUT2D eigenvalue weighted by molar-refractivity contribution is -0.117. The van der Waals surface area contributed by atoms with Gasteiger partial charge in [0.25, 0.3) is 0 Å². The van der Waals surface area contributed by atoms with Crippen LogP contribution in [0.3, 0.4) is 0 Å². The van der Waals surface area contributed by atoms with Crippen molar-refractivity contribution in [2.24, 2.45) is 0 Å². The molecule has 2 aromatic carbocycles. The van der Waals surface area contributed by atoms with Gasteiger partial charge >= 0.3 is 6.03 Å². The first-order valence-corrected chi connectivity index (χ1v) is 9.38. The number of para-hydroxylation sites is 1. The molecule has 4 rings (SSSR count). The Morgan fingerprint density at radius 3 is 2.57 bits per heavy atom. The maximum Gasteiger partial charge on any atom is 0.317 e. The Morgan fingerprint density at radius 1 is 1.07 bits per heavy atom. The van der Waals surface area contributed by atoms with Crippen LogP contribution >= 0.6 is 0 Å². The van der Waals surface area contributed by atoms with Crippen LogP contribution in [0.1, 0.15) is 18.1 Å². The Morgan fingerprint density at radius 2 is 1.82 bits per heavy atom. The number of nitrogens with one attached hydrogen (secondary N) is 1. The van der Waals surface area contributed by atoms with Crippen molar-refractivity contribution in [2.45, 2.75) is 18.6 Å². The normalized spacial score (nSPS) is 22.4. The van der Waals surface area contributed by atoms with E-state index in [2.05, 4.69) is 5.32 Å². The maximum atomic E-state index is 13.1. The van der Waals surface area contributed by atoms with Crippen molar-refractivity contribution in [3.63, 3.8) is 0 Å². The van der Waals surface area contributed by atoms with Gasteiger partial charge in [0.1, 0.15) is 11.9 Å². The zero-order chi connectivity index (χ0) is 19.5. The Labute approximate surface area is 162 Å². The molecule has 0 aromatic heterocycles. The number of amides is 3. The lowest BCUT2D eigenvalue weighted by Gasteiger charge is -2.33. The third-order valence-corrected chi connectivity index (χ3v) is 5.12. The quantitative estimate of drug-likeness (QED) is 0.887. The van der Waals surface area contributed by atoms with Crippen LogP contribution in [-0.2, 0) is 9.53 Å². The van der Waals surface area contributed by atoms with Gasteiger partial charge in [-0.25, -0.2) is 9.18 Å². The van der Waals surface area contributed by atoms with Crippen LogP contribution < -0.4 is 10.2 Å². The summed E-state index contributed by atoms with van der Waals surface area (Å²) in [7, 11) is 0. The van der Waals surface area contributed by atoms with Crippen LogP contribution in [0.5, 0.6) is 0 Å². The van der Waals surface area contributed by atoms with Crippen molar-refractivity contribution in [3.05, 3.63) is 66.0 Å². The van der Waals surface area contributed by atoms with Gasteiger partial charge < -0.3 is 19.9 Å². The molecule has 0 saturated carbocycles. The SMILES string of the molecule is O=C(N[C@@H]1CC(=O)N(c2ccccc2)C1)N1CCO[C@@H](c2ccc(F)cc2)C1. The number of rotatable bonds is 3. The summed E-state index contributed by atoms with van der Waals surface area (Å²) in [4.78, 5) is 28.4. The van der Waals surface area contributed by atoms with Gasteiger partial charge in [-0.3, -0.25) is 4.79 Å². The Kier molecular flexibility index (Phi) is 5.25. The molecule has 3 amide bonds. The molecule has 7 heteroatoms. The number of morpholine rings is 1. The summed E-state index contributed by atoms with van der Waals surface area (Å²) in [5.41, 5.74) is 1.68. The van der Waals surface area contributed by atoms with Gasteiger partial charge in [0.2, 0.25) is 5.91 Å². The standard InChI is InChI=1S/C21H22FN3O3/c22-16-8-6-15(7-9-16)19-14-24(10-11-28-19)21(27)23-17-12-20(26)25(13-17)18-4-2-1-3-5-18/h1-9,17,19H,10-14H2,(H,23,27)/t17-,19-/m1/s1. The fraction of sp³-hybridized carbons (Fsp3) is 0.333. The Balaban J connectivity index is 1.36. The first kappa shape index (κ1) is 18.4. The number of anilines is 1. The third kappa shape index (κ3) is 3.99. The topological polar surface area (TPSA) is 61.9 Å². The molecule has 146 valence electrons. The molecule has 0 aliphatic carbocycles. The molecule has 1 N–H and O–H groups in total. The van der Waals surface area contributed by atoms with E-state index in [1.807, 2.05) is 30.3 Å². The second-order valence-electron chi connectivity index (χ2n) is 7.05. The molecule has 2 aromatic rings. The number of hydrogen-bond acceptors (Lipinski definition) is 3. The molecule has 0 bridgehead atoms. The molecule has 2 fully saturated rings.